The van der Waals surface area contributed by atoms with Gasteiger partial charge in [-0.25, -0.2) is 0 Å². The first-order valence-electron chi connectivity index (χ1n) is 6.26. The van der Waals surface area contributed by atoms with Gasteiger partial charge in [0, 0.05) is 39.6 Å². The molecule has 2 nitrogen and oxygen atoms in total. The van der Waals surface area contributed by atoms with Crippen LogP contribution in [0, 0.1) is 0 Å². The first-order chi connectivity index (χ1) is 9.20. The molecule has 102 valence electrons. The third-order valence-electron chi connectivity index (χ3n) is 2.85. The minimum Gasteiger partial charge on any atom is -0.310 e. The normalized spacial score (nSPS) is 12.6. The zero-order valence-corrected chi connectivity index (χ0v) is 13.9. The van der Waals surface area contributed by atoms with Crippen LogP contribution < -0.4 is 5.32 Å². The van der Waals surface area contributed by atoms with Crippen molar-refractivity contribution in [3.05, 3.63) is 49.8 Å². The Morgan fingerprint density at radius 2 is 2.37 bits per heavy atom. The molecule has 0 aromatic carbocycles. The molecular formula is C14H16BrClN2S. The zero-order valence-electron chi connectivity index (χ0n) is 10.7. The van der Waals surface area contributed by atoms with Gasteiger partial charge in [0.2, 0.25) is 0 Å². The van der Waals surface area contributed by atoms with Crippen molar-refractivity contribution in [2.24, 2.45) is 0 Å². The van der Waals surface area contributed by atoms with Crippen molar-refractivity contribution in [2.45, 2.75) is 25.8 Å². The largest absolute Gasteiger partial charge is 0.310 e. The smallest absolute Gasteiger partial charge is 0.0637 e. The maximum atomic E-state index is 6.26. The summed E-state index contributed by atoms with van der Waals surface area (Å²) in [6, 6.07) is 4.40. The van der Waals surface area contributed by atoms with Gasteiger partial charge in [0.25, 0.3) is 0 Å². The minimum absolute atomic E-state index is 0.237. The summed E-state index contributed by atoms with van der Waals surface area (Å²) in [6.45, 7) is 3.15. The van der Waals surface area contributed by atoms with E-state index in [0.717, 1.165) is 34.4 Å². The number of nitrogens with one attached hydrogen (secondary N) is 1. The summed E-state index contributed by atoms with van der Waals surface area (Å²) >= 11 is 11.5. The predicted molar refractivity (Wildman–Crippen MR) is 86.0 cm³/mol. The molecule has 1 N–H and O–H groups in total. The van der Waals surface area contributed by atoms with Gasteiger partial charge >= 0.3 is 0 Å². The average molecular weight is 360 g/mol. The monoisotopic (exact) mass is 358 g/mol. The summed E-state index contributed by atoms with van der Waals surface area (Å²) < 4.78 is 1.14. The SMILES string of the molecule is CCCNC(Cc1cc(Br)cs1)c1ccncc1Cl. The summed E-state index contributed by atoms with van der Waals surface area (Å²) in [4.78, 5) is 5.40. The Balaban J connectivity index is 2.18. The number of halogens is 2. The molecule has 0 aliphatic rings. The van der Waals surface area contributed by atoms with Gasteiger partial charge in [-0.15, -0.1) is 11.3 Å². The van der Waals surface area contributed by atoms with Crippen LogP contribution in [0.15, 0.2) is 34.4 Å². The van der Waals surface area contributed by atoms with Gasteiger partial charge < -0.3 is 5.32 Å². The molecule has 0 saturated heterocycles. The van der Waals surface area contributed by atoms with Crippen molar-refractivity contribution < 1.29 is 0 Å². The number of pyridine rings is 1. The molecule has 1 atom stereocenters. The molecule has 19 heavy (non-hydrogen) atoms. The third kappa shape index (κ3) is 4.28. The van der Waals surface area contributed by atoms with Crippen molar-refractivity contribution in [3.63, 3.8) is 0 Å². The zero-order chi connectivity index (χ0) is 13.7. The van der Waals surface area contributed by atoms with Gasteiger partial charge in [-0.1, -0.05) is 18.5 Å². The lowest BCUT2D eigenvalue weighted by atomic mass is 10.0. The highest BCUT2D eigenvalue weighted by molar-refractivity contribution is 9.10. The van der Waals surface area contributed by atoms with E-state index in [2.05, 4.69) is 44.6 Å². The lowest BCUT2D eigenvalue weighted by Gasteiger charge is -2.19. The van der Waals surface area contributed by atoms with Gasteiger partial charge in [0.15, 0.2) is 0 Å². The fourth-order valence-corrected chi connectivity index (χ4v) is 3.69. The van der Waals surface area contributed by atoms with Crippen LogP contribution in [0.3, 0.4) is 0 Å². The third-order valence-corrected chi connectivity index (χ3v) is 4.88. The van der Waals surface area contributed by atoms with E-state index in [4.69, 9.17) is 11.6 Å². The van der Waals surface area contributed by atoms with Gasteiger partial charge in [-0.3, -0.25) is 4.98 Å². The number of hydrogen-bond donors (Lipinski definition) is 1. The summed E-state index contributed by atoms with van der Waals surface area (Å²) in [5, 5.41) is 6.40. The van der Waals surface area contributed by atoms with Gasteiger partial charge in [0.1, 0.15) is 0 Å². The molecule has 0 aliphatic carbocycles. The van der Waals surface area contributed by atoms with Crippen molar-refractivity contribution in [3.8, 4) is 0 Å². The molecule has 0 amide bonds. The number of rotatable bonds is 6. The maximum Gasteiger partial charge on any atom is 0.0637 e. The molecule has 1 unspecified atom stereocenters. The summed E-state index contributed by atoms with van der Waals surface area (Å²) in [5.74, 6) is 0. The summed E-state index contributed by atoms with van der Waals surface area (Å²) in [6.07, 6.45) is 5.56. The van der Waals surface area contributed by atoms with Crippen LogP contribution >= 0.6 is 38.9 Å². The maximum absolute atomic E-state index is 6.26. The second-order valence-electron chi connectivity index (χ2n) is 4.34. The Bertz CT molecular complexity index is 530. The van der Waals surface area contributed by atoms with E-state index in [9.17, 15) is 0 Å². The van der Waals surface area contributed by atoms with E-state index in [1.165, 1.54) is 4.88 Å². The summed E-state index contributed by atoms with van der Waals surface area (Å²) in [7, 11) is 0. The number of aromatic nitrogens is 1. The van der Waals surface area contributed by atoms with E-state index >= 15 is 0 Å². The molecular weight excluding hydrogens is 344 g/mol. The Hall–Kier alpha value is -0.420. The molecule has 2 aromatic rings. The van der Waals surface area contributed by atoms with Crippen LogP contribution in [0.2, 0.25) is 5.02 Å². The van der Waals surface area contributed by atoms with Crippen molar-refractivity contribution >= 4 is 38.9 Å². The van der Waals surface area contributed by atoms with Crippen LogP contribution in [-0.4, -0.2) is 11.5 Å². The van der Waals surface area contributed by atoms with Crippen LogP contribution in [0.1, 0.15) is 29.8 Å². The van der Waals surface area contributed by atoms with Gasteiger partial charge in [-0.2, -0.15) is 0 Å². The first-order valence-corrected chi connectivity index (χ1v) is 8.31. The lowest BCUT2D eigenvalue weighted by Crippen LogP contribution is -2.24. The molecule has 0 aliphatic heterocycles. The van der Waals surface area contributed by atoms with Crippen molar-refractivity contribution in [2.75, 3.05) is 6.54 Å². The Labute approximate surface area is 131 Å². The highest BCUT2D eigenvalue weighted by Gasteiger charge is 2.15. The number of hydrogen-bond acceptors (Lipinski definition) is 3. The molecule has 0 radical (unpaired) electrons. The fourth-order valence-electron chi connectivity index (χ4n) is 1.94. The van der Waals surface area contributed by atoms with Crippen molar-refractivity contribution in [1.29, 1.82) is 0 Å². The standard InChI is InChI=1S/C14H16BrClN2S/c1-2-4-18-14(7-11-6-10(15)9-19-11)12-3-5-17-8-13(12)16/h3,5-6,8-9,14,18H,2,4,7H2,1H3. The van der Waals surface area contributed by atoms with E-state index in [-0.39, 0.29) is 6.04 Å². The molecule has 2 heterocycles. The lowest BCUT2D eigenvalue weighted by molar-refractivity contribution is 0.532. The molecule has 2 aromatic heterocycles. The highest BCUT2D eigenvalue weighted by Crippen LogP contribution is 2.28. The van der Waals surface area contributed by atoms with E-state index in [1.54, 1.807) is 23.7 Å². The Kier molecular flexibility index (Phi) is 5.82. The van der Waals surface area contributed by atoms with Crippen LogP contribution in [0.4, 0.5) is 0 Å². The average Bonchev–Trinajstić information content (AvgIpc) is 2.81. The topological polar surface area (TPSA) is 24.9 Å². The molecule has 0 spiro atoms. The quantitative estimate of drug-likeness (QED) is 0.798. The predicted octanol–water partition coefficient (Wildman–Crippen LogP) is 4.84. The molecule has 0 fully saturated rings. The molecule has 5 heteroatoms. The van der Waals surface area contributed by atoms with Crippen molar-refractivity contribution in [1.82, 2.24) is 10.3 Å². The van der Waals surface area contributed by atoms with E-state index in [0.29, 0.717) is 0 Å². The summed E-state index contributed by atoms with van der Waals surface area (Å²) in [5.41, 5.74) is 1.12. The van der Waals surface area contributed by atoms with E-state index < -0.39 is 0 Å². The molecule has 2 rings (SSSR count). The Morgan fingerprint density at radius 1 is 1.53 bits per heavy atom. The van der Waals surface area contributed by atoms with Gasteiger partial charge in [0.05, 0.1) is 5.02 Å². The van der Waals surface area contributed by atoms with E-state index in [1.807, 2.05) is 6.07 Å². The fraction of sp³-hybridized carbons (Fsp3) is 0.357. The first kappa shape index (κ1) is 15.0. The van der Waals surface area contributed by atoms with Crippen LogP contribution in [-0.2, 0) is 6.42 Å². The Morgan fingerprint density at radius 3 is 3.00 bits per heavy atom. The highest BCUT2D eigenvalue weighted by atomic mass is 79.9. The minimum atomic E-state index is 0.237. The molecule has 0 saturated carbocycles. The number of thiophene rings is 1. The van der Waals surface area contributed by atoms with Crippen LogP contribution in [0.25, 0.3) is 0 Å². The van der Waals surface area contributed by atoms with Crippen LogP contribution in [0.5, 0.6) is 0 Å². The molecule has 0 bridgehead atoms. The van der Waals surface area contributed by atoms with Gasteiger partial charge in [-0.05, 0) is 46.6 Å². The second-order valence-corrected chi connectivity index (χ2v) is 6.66. The number of nitrogens with zero attached hydrogens (tertiary/aromatic N) is 1. The second kappa shape index (κ2) is 7.39.